The van der Waals surface area contributed by atoms with E-state index in [9.17, 15) is 10.1 Å². The number of hydrogen-bond donors (Lipinski definition) is 0. The van der Waals surface area contributed by atoms with Gasteiger partial charge in [0.1, 0.15) is 0 Å². The molecule has 0 heterocycles. The van der Waals surface area contributed by atoms with E-state index >= 15 is 0 Å². The second-order valence-corrected chi connectivity index (χ2v) is 9.41. The molecule has 8 atom stereocenters. The van der Waals surface area contributed by atoms with Crippen LogP contribution < -0.4 is 0 Å². The van der Waals surface area contributed by atoms with Crippen LogP contribution in [-0.2, 0) is 0 Å². The van der Waals surface area contributed by atoms with Gasteiger partial charge in [-0.3, -0.25) is 10.1 Å². The Labute approximate surface area is 140 Å². The van der Waals surface area contributed by atoms with Crippen LogP contribution in [0, 0.1) is 51.0 Å². The van der Waals surface area contributed by atoms with Gasteiger partial charge in [0.15, 0.2) is 0 Å². The van der Waals surface area contributed by atoms with Gasteiger partial charge in [-0.1, -0.05) is 20.3 Å². The lowest BCUT2D eigenvalue weighted by atomic mass is 9.49. The van der Waals surface area contributed by atoms with Gasteiger partial charge in [0.2, 0.25) is 6.04 Å². The fourth-order valence-electron chi connectivity index (χ4n) is 7.80. The largest absolute Gasteiger partial charge is 0.264 e. The zero-order chi connectivity index (χ0) is 16.2. The highest BCUT2D eigenvalue weighted by molar-refractivity contribution is 5.05. The van der Waals surface area contributed by atoms with Crippen molar-refractivity contribution in [3.63, 3.8) is 0 Å². The van der Waals surface area contributed by atoms with Crippen molar-refractivity contribution in [2.24, 2.45) is 40.9 Å². The van der Waals surface area contributed by atoms with Gasteiger partial charge in [0.05, 0.1) is 0 Å². The van der Waals surface area contributed by atoms with E-state index in [1.54, 1.807) is 0 Å². The van der Waals surface area contributed by atoms with Gasteiger partial charge in [-0.05, 0) is 85.9 Å². The summed E-state index contributed by atoms with van der Waals surface area (Å²) in [5.74, 6) is 5.23. The first-order valence-electron chi connectivity index (χ1n) is 10.2. The lowest BCUT2D eigenvalue weighted by Gasteiger charge is -2.55. The highest BCUT2D eigenvalue weighted by Crippen LogP contribution is 2.64. The third-order valence-electron chi connectivity index (χ3n) is 8.91. The summed E-state index contributed by atoms with van der Waals surface area (Å²) >= 11 is 0. The first-order valence-corrected chi connectivity index (χ1v) is 10.2. The quantitative estimate of drug-likeness (QED) is 0.511. The van der Waals surface area contributed by atoms with E-state index in [0.29, 0.717) is 11.3 Å². The van der Waals surface area contributed by atoms with Crippen molar-refractivity contribution in [3.05, 3.63) is 10.1 Å². The average Bonchev–Trinajstić information content (AvgIpc) is 2.90. The van der Waals surface area contributed by atoms with Crippen LogP contribution in [0.2, 0.25) is 0 Å². The molecule has 0 aromatic rings. The maximum atomic E-state index is 11.2. The number of hydrogen-bond acceptors (Lipinski definition) is 2. The molecule has 0 aromatic carbocycles. The SMILES string of the molecule is CC[C@H]1CC[C@H]2C3CCC4CC([N+](=O)[O-])CCC4C3CC[C@]12C. The van der Waals surface area contributed by atoms with Gasteiger partial charge in [-0.2, -0.15) is 0 Å². The predicted octanol–water partition coefficient (Wildman–Crippen LogP) is 5.31. The Morgan fingerprint density at radius 2 is 1.78 bits per heavy atom. The molecule has 0 aromatic heterocycles. The molecular weight excluding hydrogens is 286 g/mol. The van der Waals surface area contributed by atoms with Crippen molar-refractivity contribution in [2.45, 2.75) is 84.1 Å². The molecule has 0 aliphatic heterocycles. The predicted molar refractivity (Wildman–Crippen MR) is 91.7 cm³/mol. The first-order chi connectivity index (χ1) is 11.0. The van der Waals surface area contributed by atoms with Crippen LogP contribution in [0.4, 0.5) is 0 Å². The lowest BCUT2D eigenvalue weighted by molar-refractivity contribution is -0.529. The summed E-state index contributed by atoms with van der Waals surface area (Å²) in [6, 6.07) is -0.238. The molecular formula is C20H33NO2. The summed E-state index contributed by atoms with van der Waals surface area (Å²) in [6.45, 7) is 4.99. The van der Waals surface area contributed by atoms with Gasteiger partial charge >= 0.3 is 0 Å². The van der Waals surface area contributed by atoms with Crippen molar-refractivity contribution in [3.8, 4) is 0 Å². The molecule has 0 radical (unpaired) electrons. The molecule has 4 saturated carbocycles. The molecule has 3 heteroatoms. The highest BCUT2D eigenvalue weighted by Gasteiger charge is 2.56. The lowest BCUT2D eigenvalue weighted by Crippen LogP contribution is -2.49. The van der Waals surface area contributed by atoms with E-state index < -0.39 is 0 Å². The van der Waals surface area contributed by atoms with Gasteiger partial charge in [-0.25, -0.2) is 0 Å². The van der Waals surface area contributed by atoms with Crippen LogP contribution in [-0.4, -0.2) is 11.0 Å². The highest BCUT2D eigenvalue weighted by atomic mass is 16.6. The summed E-state index contributed by atoms with van der Waals surface area (Å²) in [5.41, 5.74) is 0.612. The topological polar surface area (TPSA) is 43.1 Å². The van der Waals surface area contributed by atoms with Crippen molar-refractivity contribution in [1.29, 1.82) is 0 Å². The van der Waals surface area contributed by atoms with E-state index in [-0.39, 0.29) is 11.0 Å². The molecule has 3 nitrogen and oxygen atoms in total. The Kier molecular flexibility index (Phi) is 3.97. The van der Waals surface area contributed by atoms with E-state index in [1.165, 1.54) is 44.9 Å². The molecule has 0 amide bonds. The molecule has 4 aliphatic carbocycles. The van der Waals surface area contributed by atoms with Gasteiger partial charge < -0.3 is 0 Å². The number of rotatable bonds is 2. The second-order valence-electron chi connectivity index (χ2n) is 9.41. The van der Waals surface area contributed by atoms with E-state index in [0.717, 1.165) is 48.9 Å². The van der Waals surface area contributed by atoms with E-state index in [4.69, 9.17) is 0 Å². The summed E-state index contributed by atoms with van der Waals surface area (Å²) in [7, 11) is 0. The molecule has 0 bridgehead atoms. The molecule has 4 fully saturated rings. The third kappa shape index (κ3) is 2.36. The molecule has 4 aliphatic rings. The van der Waals surface area contributed by atoms with Crippen LogP contribution in [0.3, 0.4) is 0 Å². The minimum atomic E-state index is -0.238. The average molecular weight is 319 g/mol. The smallest absolute Gasteiger partial charge is 0.213 e. The van der Waals surface area contributed by atoms with Crippen molar-refractivity contribution in [1.82, 2.24) is 0 Å². The maximum Gasteiger partial charge on any atom is 0.213 e. The standard InChI is InChI=1S/C20H33NO2/c1-3-14-5-9-19-18-7-4-13-12-15(21(22)23)6-8-16(13)17(18)10-11-20(14,19)2/h13-19H,3-12H2,1-2H3/t13?,14-,15?,16?,17?,18?,19-,20+/m0/s1. The van der Waals surface area contributed by atoms with E-state index in [1.807, 2.05) is 0 Å². The molecule has 0 N–H and O–H groups in total. The van der Waals surface area contributed by atoms with Crippen molar-refractivity contribution < 1.29 is 4.92 Å². The summed E-state index contributed by atoms with van der Waals surface area (Å²) < 4.78 is 0. The number of fused-ring (bicyclic) bond motifs is 5. The Hall–Kier alpha value is -0.600. The summed E-state index contributed by atoms with van der Waals surface area (Å²) in [5, 5.41) is 11.2. The Morgan fingerprint density at radius 3 is 2.52 bits per heavy atom. The minimum absolute atomic E-state index is 0.00304. The number of nitro groups is 1. The van der Waals surface area contributed by atoms with Crippen molar-refractivity contribution >= 4 is 0 Å². The maximum absolute atomic E-state index is 11.2. The minimum Gasteiger partial charge on any atom is -0.264 e. The Balaban J connectivity index is 1.51. The van der Waals surface area contributed by atoms with Gasteiger partial charge in [0, 0.05) is 17.8 Å². The molecule has 130 valence electrons. The van der Waals surface area contributed by atoms with E-state index in [2.05, 4.69) is 13.8 Å². The molecule has 0 spiro atoms. The fourth-order valence-corrected chi connectivity index (χ4v) is 7.80. The van der Waals surface area contributed by atoms with Crippen molar-refractivity contribution in [2.75, 3.05) is 0 Å². The number of nitrogens with zero attached hydrogens (tertiary/aromatic N) is 1. The molecule has 4 rings (SSSR count). The van der Waals surface area contributed by atoms with Crippen LogP contribution in [0.25, 0.3) is 0 Å². The third-order valence-corrected chi connectivity index (χ3v) is 8.91. The monoisotopic (exact) mass is 319 g/mol. The fraction of sp³-hybridized carbons (Fsp3) is 1.00. The van der Waals surface area contributed by atoms with Crippen LogP contribution in [0.5, 0.6) is 0 Å². The van der Waals surface area contributed by atoms with Gasteiger partial charge in [0.25, 0.3) is 0 Å². The zero-order valence-corrected chi connectivity index (χ0v) is 14.9. The van der Waals surface area contributed by atoms with Crippen LogP contribution in [0.15, 0.2) is 0 Å². The Bertz CT molecular complexity index is 478. The first kappa shape index (κ1) is 15.9. The summed E-state index contributed by atoms with van der Waals surface area (Å²) in [4.78, 5) is 11.2. The molecule has 23 heavy (non-hydrogen) atoms. The van der Waals surface area contributed by atoms with Gasteiger partial charge in [-0.15, -0.1) is 0 Å². The summed E-state index contributed by atoms with van der Waals surface area (Å²) in [6.07, 6.45) is 12.6. The van der Waals surface area contributed by atoms with Crippen LogP contribution >= 0.6 is 0 Å². The zero-order valence-electron chi connectivity index (χ0n) is 14.9. The molecule has 0 saturated heterocycles. The Morgan fingerprint density at radius 1 is 1.00 bits per heavy atom. The molecule has 5 unspecified atom stereocenters. The van der Waals surface area contributed by atoms with Crippen LogP contribution in [0.1, 0.15) is 78.1 Å². The normalized spacial score (nSPS) is 52.3. The second kappa shape index (κ2) is 5.74.